The molecule has 0 spiro atoms. The molecule has 0 amide bonds. The van der Waals surface area contributed by atoms with E-state index in [4.69, 9.17) is 0 Å². The van der Waals surface area contributed by atoms with Crippen LogP contribution in [-0.4, -0.2) is 25.3 Å². The summed E-state index contributed by atoms with van der Waals surface area (Å²) in [6, 6.07) is 11.8. The maximum atomic E-state index is 12.3. The third-order valence-corrected chi connectivity index (χ3v) is 4.02. The molecule has 0 atom stereocenters. The van der Waals surface area contributed by atoms with Crippen LogP contribution < -0.4 is 5.56 Å². The van der Waals surface area contributed by atoms with Crippen LogP contribution >= 0.6 is 0 Å². The molecule has 0 saturated heterocycles. The molecule has 0 aliphatic carbocycles. The summed E-state index contributed by atoms with van der Waals surface area (Å²) in [5.74, 6) is -1.09. The Balaban J connectivity index is 2.09. The number of nitrogens with zero attached hydrogens (tertiary/aromatic N) is 3. The predicted octanol–water partition coefficient (Wildman–Crippen LogP) is 2.56. The van der Waals surface area contributed by atoms with Gasteiger partial charge >= 0.3 is 5.97 Å². The van der Waals surface area contributed by atoms with Crippen LogP contribution in [0, 0.1) is 0 Å². The molecule has 3 rings (SSSR count). The minimum atomic E-state index is -1.24. The minimum Gasteiger partial charge on any atom is -0.477 e. The standard InChI is InChI=1S/C18H19N3O3/c1-12(2)15-10-16-20(9-8-13-6-4-3-5-7-13)11-14(18(23)24)17(22)21(16)19-15/h3-7,10-12H,8-9H2,1-2H3,(H,23,24). The summed E-state index contributed by atoms with van der Waals surface area (Å²) >= 11 is 0. The highest BCUT2D eigenvalue weighted by Crippen LogP contribution is 2.15. The predicted molar refractivity (Wildman–Crippen MR) is 90.6 cm³/mol. The summed E-state index contributed by atoms with van der Waals surface area (Å²) in [6.07, 6.45) is 2.15. The third kappa shape index (κ3) is 2.95. The van der Waals surface area contributed by atoms with Crippen molar-refractivity contribution >= 4 is 11.6 Å². The van der Waals surface area contributed by atoms with Gasteiger partial charge in [-0.25, -0.2) is 4.79 Å². The molecule has 2 aromatic heterocycles. The van der Waals surface area contributed by atoms with E-state index in [1.807, 2.05) is 50.2 Å². The molecule has 2 heterocycles. The summed E-state index contributed by atoms with van der Waals surface area (Å²) in [4.78, 5) is 23.7. The highest BCUT2D eigenvalue weighted by molar-refractivity contribution is 5.87. The molecule has 1 N–H and O–H groups in total. The number of rotatable bonds is 5. The van der Waals surface area contributed by atoms with E-state index in [1.165, 1.54) is 10.7 Å². The van der Waals surface area contributed by atoms with E-state index in [1.54, 1.807) is 4.57 Å². The molecular formula is C18H19N3O3. The second-order valence-corrected chi connectivity index (χ2v) is 6.08. The van der Waals surface area contributed by atoms with Gasteiger partial charge in [-0.3, -0.25) is 4.79 Å². The monoisotopic (exact) mass is 325 g/mol. The summed E-state index contributed by atoms with van der Waals surface area (Å²) < 4.78 is 2.99. The Labute approximate surface area is 139 Å². The summed E-state index contributed by atoms with van der Waals surface area (Å²) in [7, 11) is 0. The lowest BCUT2D eigenvalue weighted by Crippen LogP contribution is -2.26. The van der Waals surface area contributed by atoms with Gasteiger partial charge in [-0.1, -0.05) is 44.2 Å². The van der Waals surface area contributed by atoms with Crippen molar-refractivity contribution in [2.75, 3.05) is 0 Å². The van der Waals surface area contributed by atoms with Crippen LogP contribution in [0.5, 0.6) is 0 Å². The second-order valence-electron chi connectivity index (χ2n) is 6.08. The molecule has 0 radical (unpaired) electrons. The molecule has 0 aliphatic heterocycles. The van der Waals surface area contributed by atoms with Crippen LogP contribution in [0.3, 0.4) is 0 Å². The third-order valence-electron chi connectivity index (χ3n) is 4.02. The Morgan fingerprint density at radius 2 is 1.96 bits per heavy atom. The molecular weight excluding hydrogens is 306 g/mol. The molecule has 1 aromatic carbocycles. The van der Waals surface area contributed by atoms with Crippen molar-refractivity contribution < 1.29 is 9.90 Å². The molecule has 0 aliphatic rings. The van der Waals surface area contributed by atoms with E-state index in [9.17, 15) is 14.7 Å². The van der Waals surface area contributed by atoms with E-state index in [0.29, 0.717) is 12.2 Å². The van der Waals surface area contributed by atoms with Crippen molar-refractivity contribution in [2.45, 2.75) is 32.7 Å². The fraction of sp³-hybridized carbons (Fsp3) is 0.278. The molecule has 0 bridgehead atoms. The average molecular weight is 325 g/mol. The first-order valence-electron chi connectivity index (χ1n) is 7.87. The quantitative estimate of drug-likeness (QED) is 0.782. The van der Waals surface area contributed by atoms with Crippen molar-refractivity contribution in [3.8, 4) is 0 Å². The molecule has 6 heteroatoms. The number of aromatic carboxylic acids is 1. The number of carbonyl (C=O) groups is 1. The number of carboxylic acids is 1. The average Bonchev–Trinajstić information content (AvgIpc) is 3.01. The lowest BCUT2D eigenvalue weighted by atomic mass is 10.1. The number of aryl methyl sites for hydroxylation is 2. The smallest absolute Gasteiger partial charge is 0.342 e. The first-order valence-corrected chi connectivity index (χ1v) is 7.87. The SMILES string of the molecule is CC(C)c1cc2n(CCc3ccccc3)cc(C(=O)O)c(=O)n2n1. The van der Waals surface area contributed by atoms with Crippen LogP contribution in [0.2, 0.25) is 0 Å². The van der Waals surface area contributed by atoms with Crippen LogP contribution in [0.4, 0.5) is 0 Å². The van der Waals surface area contributed by atoms with Gasteiger partial charge in [-0.2, -0.15) is 9.61 Å². The van der Waals surface area contributed by atoms with E-state index in [0.717, 1.165) is 17.7 Å². The van der Waals surface area contributed by atoms with Crippen molar-refractivity contribution in [3.05, 3.63) is 69.8 Å². The maximum absolute atomic E-state index is 12.3. The number of fused-ring (bicyclic) bond motifs is 1. The maximum Gasteiger partial charge on any atom is 0.342 e. The van der Waals surface area contributed by atoms with Gasteiger partial charge < -0.3 is 9.67 Å². The molecule has 3 aromatic rings. The Hall–Kier alpha value is -2.89. The lowest BCUT2D eigenvalue weighted by Gasteiger charge is -2.10. The van der Waals surface area contributed by atoms with Crippen LogP contribution in [-0.2, 0) is 13.0 Å². The van der Waals surface area contributed by atoms with E-state index in [2.05, 4.69) is 5.10 Å². The van der Waals surface area contributed by atoms with Gasteiger partial charge in [-0.05, 0) is 17.9 Å². The summed E-state index contributed by atoms with van der Waals surface area (Å²) in [5, 5.41) is 13.6. The van der Waals surface area contributed by atoms with Gasteiger partial charge in [0.05, 0.1) is 5.69 Å². The van der Waals surface area contributed by atoms with Crippen molar-refractivity contribution in [1.82, 2.24) is 14.2 Å². The topological polar surface area (TPSA) is 76.6 Å². The number of hydrogen-bond donors (Lipinski definition) is 1. The Morgan fingerprint density at radius 3 is 2.58 bits per heavy atom. The van der Waals surface area contributed by atoms with Crippen molar-refractivity contribution in [2.24, 2.45) is 0 Å². The molecule has 124 valence electrons. The van der Waals surface area contributed by atoms with Gasteiger partial charge in [0.1, 0.15) is 11.2 Å². The second kappa shape index (κ2) is 6.31. The Morgan fingerprint density at radius 1 is 1.25 bits per heavy atom. The van der Waals surface area contributed by atoms with Crippen LogP contribution in [0.15, 0.2) is 47.4 Å². The van der Waals surface area contributed by atoms with E-state index >= 15 is 0 Å². The van der Waals surface area contributed by atoms with E-state index < -0.39 is 11.5 Å². The largest absolute Gasteiger partial charge is 0.477 e. The summed E-state index contributed by atoms with van der Waals surface area (Å²) in [6.45, 7) is 4.54. The van der Waals surface area contributed by atoms with Gasteiger partial charge in [-0.15, -0.1) is 0 Å². The first kappa shape index (κ1) is 16.0. The fourth-order valence-corrected chi connectivity index (χ4v) is 2.64. The molecule has 6 nitrogen and oxygen atoms in total. The number of aromatic nitrogens is 3. The Kier molecular flexibility index (Phi) is 4.20. The van der Waals surface area contributed by atoms with Crippen molar-refractivity contribution in [3.63, 3.8) is 0 Å². The minimum absolute atomic E-state index is 0.153. The zero-order valence-corrected chi connectivity index (χ0v) is 13.6. The normalized spacial score (nSPS) is 11.3. The first-order chi connectivity index (χ1) is 11.5. The van der Waals surface area contributed by atoms with Gasteiger partial charge in [0.25, 0.3) is 5.56 Å². The number of benzene rings is 1. The van der Waals surface area contributed by atoms with Gasteiger partial charge in [0.15, 0.2) is 0 Å². The van der Waals surface area contributed by atoms with Gasteiger partial charge in [0, 0.05) is 18.8 Å². The number of hydrogen-bond acceptors (Lipinski definition) is 3. The zero-order valence-electron chi connectivity index (χ0n) is 13.6. The Bertz CT molecular complexity index is 939. The fourth-order valence-electron chi connectivity index (χ4n) is 2.64. The zero-order chi connectivity index (χ0) is 17.3. The van der Waals surface area contributed by atoms with Crippen LogP contribution in [0.1, 0.15) is 41.4 Å². The molecule has 24 heavy (non-hydrogen) atoms. The molecule has 0 saturated carbocycles. The lowest BCUT2D eigenvalue weighted by molar-refractivity contribution is 0.0693. The molecule has 0 unspecified atom stereocenters. The number of carboxylic acid groups (broad SMARTS) is 1. The highest BCUT2D eigenvalue weighted by atomic mass is 16.4. The highest BCUT2D eigenvalue weighted by Gasteiger charge is 2.17. The van der Waals surface area contributed by atoms with Crippen molar-refractivity contribution in [1.29, 1.82) is 0 Å². The van der Waals surface area contributed by atoms with Gasteiger partial charge in [0.2, 0.25) is 0 Å². The van der Waals surface area contributed by atoms with Crippen LogP contribution in [0.25, 0.3) is 5.65 Å². The molecule has 0 fully saturated rings. The van der Waals surface area contributed by atoms with E-state index in [-0.39, 0.29) is 11.5 Å². The summed E-state index contributed by atoms with van der Waals surface area (Å²) in [5.41, 5.74) is 1.66.